The highest BCUT2D eigenvalue weighted by molar-refractivity contribution is 5.96. The third kappa shape index (κ3) is 5.62. The molecule has 2 saturated heterocycles. The number of hydrogen-bond donors (Lipinski definition) is 3. The molecule has 2 aromatic carbocycles. The molecule has 2 fully saturated rings. The van der Waals surface area contributed by atoms with Crippen LogP contribution in [0.25, 0.3) is 11.3 Å². The number of β-amino-alcohol motifs (C(OH)–C–C–N with tert-alkyl or cyclic N) is 1. The van der Waals surface area contributed by atoms with E-state index in [4.69, 9.17) is 0 Å². The number of aromatic nitrogens is 2. The predicted octanol–water partition coefficient (Wildman–Crippen LogP) is 3.13. The van der Waals surface area contributed by atoms with Gasteiger partial charge in [-0.25, -0.2) is 4.98 Å². The van der Waals surface area contributed by atoms with Gasteiger partial charge in [0.15, 0.2) is 0 Å². The Bertz CT molecular complexity index is 1350. The standard InChI is InChI=1S/C31H38N6O3/c1-21(38)35-11-7-26(8-12-35)34-27-15-24(28-17-32-20-33-28)14-25(16-27)31(40)37-13-9-29(30(39)19-37)36-10-6-22-4-2-3-5-23(22)18-36/h2-5,14-17,20,26,29-30,34,39H,6-13,18-19H2,1H3,(H,32,33)/t29-,30-/m1/s1. The minimum atomic E-state index is -0.595. The number of imidazole rings is 1. The molecule has 6 rings (SSSR count). The van der Waals surface area contributed by atoms with Crippen LogP contribution >= 0.6 is 0 Å². The van der Waals surface area contributed by atoms with Crippen molar-refractivity contribution in [1.29, 1.82) is 0 Å². The Hall–Kier alpha value is -3.69. The fraction of sp³-hybridized carbons (Fsp3) is 0.452. The van der Waals surface area contributed by atoms with Gasteiger partial charge >= 0.3 is 0 Å². The summed E-state index contributed by atoms with van der Waals surface area (Å²) in [4.78, 5) is 38.9. The molecule has 0 unspecified atom stereocenters. The summed E-state index contributed by atoms with van der Waals surface area (Å²) >= 11 is 0. The van der Waals surface area contributed by atoms with Crippen molar-refractivity contribution in [3.8, 4) is 11.3 Å². The average Bonchev–Trinajstić information content (AvgIpc) is 3.52. The zero-order valence-corrected chi connectivity index (χ0v) is 23.1. The number of aliphatic hydroxyl groups excluding tert-OH is 1. The molecule has 9 nitrogen and oxygen atoms in total. The molecule has 3 aromatic rings. The molecule has 40 heavy (non-hydrogen) atoms. The Kier molecular flexibility index (Phi) is 7.58. The normalized spacial score (nSPS) is 22.1. The van der Waals surface area contributed by atoms with Crippen molar-refractivity contribution in [2.75, 3.05) is 38.0 Å². The first-order chi connectivity index (χ1) is 19.4. The molecule has 0 bridgehead atoms. The van der Waals surface area contributed by atoms with Crippen LogP contribution in [-0.2, 0) is 17.8 Å². The van der Waals surface area contributed by atoms with Gasteiger partial charge in [0.25, 0.3) is 5.91 Å². The van der Waals surface area contributed by atoms with Crippen molar-refractivity contribution in [2.24, 2.45) is 0 Å². The van der Waals surface area contributed by atoms with Crippen LogP contribution in [0.1, 0.15) is 47.7 Å². The number of nitrogens with one attached hydrogen (secondary N) is 2. The number of nitrogens with zero attached hydrogens (tertiary/aromatic N) is 4. The maximum absolute atomic E-state index is 13.8. The third-order valence-corrected chi connectivity index (χ3v) is 8.76. The van der Waals surface area contributed by atoms with Gasteiger partial charge in [-0.15, -0.1) is 0 Å². The largest absolute Gasteiger partial charge is 0.390 e. The van der Waals surface area contributed by atoms with Crippen molar-refractivity contribution in [3.63, 3.8) is 0 Å². The van der Waals surface area contributed by atoms with Crippen LogP contribution in [0.15, 0.2) is 55.0 Å². The number of fused-ring (bicyclic) bond motifs is 1. The second-order valence-corrected chi connectivity index (χ2v) is 11.4. The molecule has 9 heteroatoms. The highest BCUT2D eigenvalue weighted by Gasteiger charge is 2.35. The summed E-state index contributed by atoms with van der Waals surface area (Å²) in [6, 6.07) is 14.7. The number of rotatable bonds is 5. The Labute approximate surface area is 235 Å². The van der Waals surface area contributed by atoms with Crippen LogP contribution in [0.5, 0.6) is 0 Å². The van der Waals surface area contributed by atoms with Crippen LogP contribution in [-0.4, -0.2) is 92.5 Å². The molecule has 2 atom stereocenters. The molecular formula is C31H38N6O3. The minimum absolute atomic E-state index is 0.0480. The zero-order chi connectivity index (χ0) is 27.6. The maximum atomic E-state index is 13.8. The van der Waals surface area contributed by atoms with E-state index in [1.807, 2.05) is 23.1 Å². The summed E-state index contributed by atoms with van der Waals surface area (Å²) in [5, 5.41) is 14.8. The van der Waals surface area contributed by atoms with E-state index in [1.165, 1.54) is 11.1 Å². The number of anilines is 1. The van der Waals surface area contributed by atoms with Crippen molar-refractivity contribution in [3.05, 3.63) is 71.7 Å². The molecule has 0 radical (unpaired) electrons. The molecule has 210 valence electrons. The maximum Gasteiger partial charge on any atom is 0.254 e. The van der Waals surface area contributed by atoms with E-state index in [0.29, 0.717) is 18.7 Å². The lowest BCUT2D eigenvalue weighted by atomic mass is 9.93. The number of amides is 2. The summed E-state index contributed by atoms with van der Waals surface area (Å²) in [5.41, 5.74) is 5.92. The lowest BCUT2D eigenvalue weighted by molar-refractivity contribution is -0.129. The summed E-state index contributed by atoms with van der Waals surface area (Å²) in [5.74, 6) is 0.0425. The molecule has 3 aliphatic rings. The number of aromatic amines is 1. The Morgan fingerprint density at radius 1 is 1.00 bits per heavy atom. The zero-order valence-electron chi connectivity index (χ0n) is 23.1. The highest BCUT2D eigenvalue weighted by atomic mass is 16.3. The number of hydrogen-bond acceptors (Lipinski definition) is 6. The lowest BCUT2D eigenvalue weighted by Crippen LogP contribution is -2.56. The number of aliphatic hydroxyl groups is 1. The Balaban J connectivity index is 1.15. The van der Waals surface area contributed by atoms with Crippen molar-refractivity contribution in [2.45, 2.75) is 57.3 Å². The predicted molar refractivity (Wildman–Crippen MR) is 154 cm³/mol. The summed E-state index contributed by atoms with van der Waals surface area (Å²) in [7, 11) is 0. The molecule has 3 N–H and O–H groups in total. The number of likely N-dealkylation sites (tertiary alicyclic amines) is 2. The molecule has 0 saturated carbocycles. The van der Waals surface area contributed by atoms with Gasteiger partial charge in [-0.2, -0.15) is 0 Å². The number of carbonyl (C=O) groups excluding carboxylic acids is 2. The van der Waals surface area contributed by atoms with Crippen molar-refractivity contribution < 1.29 is 14.7 Å². The Morgan fingerprint density at radius 2 is 1.77 bits per heavy atom. The fourth-order valence-electron chi connectivity index (χ4n) is 6.49. The van der Waals surface area contributed by atoms with E-state index in [9.17, 15) is 14.7 Å². The minimum Gasteiger partial charge on any atom is -0.390 e. The van der Waals surface area contributed by atoms with Gasteiger partial charge in [0.2, 0.25) is 5.91 Å². The van der Waals surface area contributed by atoms with E-state index in [2.05, 4.69) is 44.5 Å². The van der Waals surface area contributed by atoms with E-state index in [-0.39, 0.29) is 23.9 Å². The first-order valence-electron chi connectivity index (χ1n) is 14.4. The first-order valence-corrected chi connectivity index (χ1v) is 14.4. The topological polar surface area (TPSA) is 105 Å². The first kappa shape index (κ1) is 26.5. The molecule has 4 heterocycles. The molecule has 2 amide bonds. The van der Waals surface area contributed by atoms with Crippen molar-refractivity contribution >= 4 is 17.5 Å². The smallest absolute Gasteiger partial charge is 0.254 e. The average molecular weight is 543 g/mol. The van der Waals surface area contributed by atoms with E-state index < -0.39 is 6.10 Å². The molecule has 1 aromatic heterocycles. The van der Waals surface area contributed by atoms with E-state index in [0.717, 1.165) is 68.8 Å². The molecule has 0 spiro atoms. The van der Waals surface area contributed by atoms with Crippen LogP contribution in [0.4, 0.5) is 5.69 Å². The van der Waals surface area contributed by atoms with Crippen LogP contribution in [0, 0.1) is 0 Å². The van der Waals surface area contributed by atoms with Gasteiger partial charge < -0.3 is 25.2 Å². The fourth-order valence-corrected chi connectivity index (χ4v) is 6.49. The molecular weight excluding hydrogens is 504 g/mol. The number of carbonyl (C=O) groups is 2. The quantitative estimate of drug-likeness (QED) is 0.458. The second-order valence-electron chi connectivity index (χ2n) is 11.4. The van der Waals surface area contributed by atoms with Gasteiger partial charge in [-0.1, -0.05) is 24.3 Å². The monoisotopic (exact) mass is 542 g/mol. The van der Waals surface area contributed by atoms with Gasteiger partial charge in [0, 0.05) is 75.1 Å². The van der Waals surface area contributed by atoms with Crippen LogP contribution in [0.3, 0.4) is 0 Å². The van der Waals surface area contributed by atoms with E-state index >= 15 is 0 Å². The van der Waals surface area contributed by atoms with Crippen molar-refractivity contribution in [1.82, 2.24) is 24.7 Å². The summed E-state index contributed by atoms with van der Waals surface area (Å²) < 4.78 is 0. The number of H-pyrrole nitrogens is 1. The van der Waals surface area contributed by atoms with Crippen LogP contribution < -0.4 is 5.32 Å². The van der Waals surface area contributed by atoms with E-state index in [1.54, 1.807) is 24.3 Å². The lowest BCUT2D eigenvalue weighted by Gasteiger charge is -2.43. The van der Waals surface area contributed by atoms with Crippen LogP contribution in [0.2, 0.25) is 0 Å². The van der Waals surface area contributed by atoms with Gasteiger partial charge in [0.05, 0.1) is 24.3 Å². The van der Waals surface area contributed by atoms with Gasteiger partial charge in [-0.3, -0.25) is 14.5 Å². The summed E-state index contributed by atoms with van der Waals surface area (Å²) in [6.45, 7) is 5.78. The molecule has 0 aliphatic carbocycles. The second kappa shape index (κ2) is 11.4. The van der Waals surface area contributed by atoms with Gasteiger partial charge in [-0.05, 0) is 55.0 Å². The third-order valence-electron chi connectivity index (χ3n) is 8.76. The Morgan fingerprint density at radius 3 is 2.50 bits per heavy atom. The SMILES string of the molecule is CC(=O)N1CCC(Nc2cc(C(=O)N3CC[C@@H](N4CCc5ccccc5C4)[C@H](O)C3)cc(-c3cnc[nH]3)c2)CC1. The summed E-state index contributed by atoms with van der Waals surface area (Å²) in [6.07, 6.45) is 6.25. The van der Waals surface area contributed by atoms with Gasteiger partial charge in [0.1, 0.15) is 0 Å². The number of benzene rings is 2. The molecule has 3 aliphatic heterocycles. The number of piperidine rings is 2. The highest BCUT2D eigenvalue weighted by Crippen LogP contribution is 2.29.